The lowest BCUT2D eigenvalue weighted by Crippen LogP contribution is -2.35. The Morgan fingerprint density at radius 3 is 2.67 bits per heavy atom. The van der Waals surface area contributed by atoms with Crippen LogP contribution >= 0.6 is 0 Å². The maximum Gasteiger partial charge on any atom is 0.145 e. The molecule has 1 saturated heterocycles. The van der Waals surface area contributed by atoms with Crippen LogP contribution in [0.25, 0.3) is 0 Å². The molecule has 0 amide bonds. The molecule has 2 N–H and O–H groups in total. The molecule has 0 radical (unpaired) electrons. The highest BCUT2D eigenvalue weighted by molar-refractivity contribution is 5.60. The SMILES string of the molecule is Cc1ccc(C#N)c(N2CCC(n3ccc(N)n3)CC2)c1. The van der Waals surface area contributed by atoms with Gasteiger partial charge in [-0.15, -0.1) is 0 Å². The van der Waals surface area contributed by atoms with Gasteiger partial charge in [0.2, 0.25) is 0 Å². The number of benzene rings is 1. The Morgan fingerprint density at radius 2 is 2.05 bits per heavy atom. The van der Waals surface area contributed by atoms with E-state index >= 15 is 0 Å². The van der Waals surface area contributed by atoms with Crippen molar-refractivity contribution in [1.82, 2.24) is 9.78 Å². The first-order chi connectivity index (χ1) is 10.2. The fourth-order valence-corrected chi connectivity index (χ4v) is 2.93. The molecule has 0 bridgehead atoms. The zero-order valence-corrected chi connectivity index (χ0v) is 12.2. The van der Waals surface area contributed by atoms with E-state index in [2.05, 4.69) is 29.1 Å². The Kier molecular flexibility index (Phi) is 3.53. The Morgan fingerprint density at radius 1 is 1.29 bits per heavy atom. The van der Waals surface area contributed by atoms with Gasteiger partial charge in [0, 0.05) is 19.3 Å². The average molecular weight is 281 g/mol. The smallest absolute Gasteiger partial charge is 0.145 e. The number of aromatic nitrogens is 2. The van der Waals surface area contributed by atoms with Gasteiger partial charge in [-0.1, -0.05) is 6.07 Å². The Bertz CT molecular complexity index is 674. The number of nitrogen functional groups attached to an aromatic ring is 1. The molecule has 21 heavy (non-hydrogen) atoms. The average Bonchev–Trinajstić information content (AvgIpc) is 2.94. The molecule has 0 unspecified atom stereocenters. The topological polar surface area (TPSA) is 70.9 Å². The van der Waals surface area contributed by atoms with Crippen LogP contribution in [-0.4, -0.2) is 22.9 Å². The number of hydrogen-bond donors (Lipinski definition) is 1. The van der Waals surface area contributed by atoms with Gasteiger partial charge in [-0.25, -0.2) is 0 Å². The third-order valence-electron chi connectivity index (χ3n) is 4.08. The predicted octanol–water partition coefficient (Wildman–Crippen LogP) is 2.49. The van der Waals surface area contributed by atoms with Gasteiger partial charge < -0.3 is 10.6 Å². The summed E-state index contributed by atoms with van der Waals surface area (Å²) in [6.45, 7) is 3.93. The van der Waals surface area contributed by atoms with E-state index in [4.69, 9.17) is 5.73 Å². The summed E-state index contributed by atoms with van der Waals surface area (Å²) in [4.78, 5) is 2.30. The van der Waals surface area contributed by atoms with Crippen molar-refractivity contribution < 1.29 is 0 Å². The van der Waals surface area contributed by atoms with Crippen LogP contribution in [0.5, 0.6) is 0 Å². The maximum atomic E-state index is 9.27. The lowest BCUT2D eigenvalue weighted by atomic mass is 10.0. The Balaban J connectivity index is 1.74. The van der Waals surface area contributed by atoms with Gasteiger partial charge in [0.1, 0.15) is 11.9 Å². The third kappa shape index (κ3) is 2.70. The molecule has 1 aromatic carbocycles. The molecule has 2 aromatic rings. The van der Waals surface area contributed by atoms with Crippen molar-refractivity contribution in [3.05, 3.63) is 41.6 Å². The van der Waals surface area contributed by atoms with Gasteiger partial charge in [0.05, 0.1) is 17.3 Å². The minimum absolute atomic E-state index is 0.397. The molecule has 3 rings (SSSR count). The van der Waals surface area contributed by atoms with E-state index in [-0.39, 0.29) is 0 Å². The standard InChI is InChI=1S/C16H19N5/c1-12-2-3-13(11-17)15(10-12)20-7-4-14(5-8-20)21-9-6-16(18)19-21/h2-3,6,9-10,14H,4-5,7-8H2,1H3,(H2,18,19). The largest absolute Gasteiger partial charge is 0.382 e. The van der Waals surface area contributed by atoms with Gasteiger partial charge in [0.25, 0.3) is 0 Å². The minimum atomic E-state index is 0.397. The molecule has 1 aromatic heterocycles. The normalized spacial score (nSPS) is 15.9. The van der Waals surface area contributed by atoms with Crippen molar-refractivity contribution in [2.45, 2.75) is 25.8 Å². The summed E-state index contributed by atoms with van der Waals surface area (Å²) in [7, 11) is 0. The van der Waals surface area contributed by atoms with Crippen LogP contribution in [0.1, 0.15) is 30.0 Å². The van der Waals surface area contributed by atoms with Gasteiger partial charge >= 0.3 is 0 Å². The first-order valence-electron chi connectivity index (χ1n) is 7.23. The van der Waals surface area contributed by atoms with Crippen molar-refractivity contribution in [3.63, 3.8) is 0 Å². The number of nitrogens with zero attached hydrogens (tertiary/aromatic N) is 4. The zero-order valence-electron chi connectivity index (χ0n) is 12.2. The molecule has 0 aliphatic carbocycles. The Hall–Kier alpha value is -2.48. The number of piperidine rings is 1. The fraction of sp³-hybridized carbons (Fsp3) is 0.375. The van der Waals surface area contributed by atoms with Crippen molar-refractivity contribution in [2.24, 2.45) is 0 Å². The highest BCUT2D eigenvalue weighted by Crippen LogP contribution is 2.29. The van der Waals surface area contributed by atoms with Crippen LogP contribution in [0.2, 0.25) is 0 Å². The summed E-state index contributed by atoms with van der Waals surface area (Å²) in [6.07, 6.45) is 3.98. The van der Waals surface area contributed by atoms with E-state index in [0.29, 0.717) is 11.9 Å². The summed E-state index contributed by atoms with van der Waals surface area (Å²) >= 11 is 0. The van der Waals surface area contributed by atoms with Gasteiger partial charge in [-0.3, -0.25) is 4.68 Å². The Labute approximate surface area is 124 Å². The number of hydrogen-bond acceptors (Lipinski definition) is 4. The third-order valence-corrected chi connectivity index (χ3v) is 4.08. The van der Waals surface area contributed by atoms with E-state index in [9.17, 15) is 5.26 Å². The van der Waals surface area contributed by atoms with Crippen LogP contribution in [-0.2, 0) is 0 Å². The van der Waals surface area contributed by atoms with E-state index in [1.165, 1.54) is 5.56 Å². The maximum absolute atomic E-state index is 9.27. The molecule has 0 atom stereocenters. The lowest BCUT2D eigenvalue weighted by molar-refractivity contribution is 0.367. The quantitative estimate of drug-likeness (QED) is 0.918. The second-order valence-corrected chi connectivity index (χ2v) is 5.57. The molecular formula is C16H19N5. The number of nitrogens with two attached hydrogens (primary N) is 1. The van der Waals surface area contributed by atoms with Crippen LogP contribution < -0.4 is 10.6 Å². The lowest BCUT2D eigenvalue weighted by Gasteiger charge is -2.34. The van der Waals surface area contributed by atoms with E-state index < -0.39 is 0 Å². The van der Waals surface area contributed by atoms with Crippen molar-refractivity contribution in [3.8, 4) is 6.07 Å². The number of aryl methyl sites for hydroxylation is 1. The second kappa shape index (κ2) is 5.49. The zero-order chi connectivity index (χ0) is 14.8. The van der Waals surface area contributed by atoms with Crippen LogP contribution in [0.15, 0.2) is 30.5 Å². The van der Waals surface area contributed by atoms with Crippen LogP contribution in [0.3, 0.4) is 0 Å². The van der Waals surface area contributed by atoms with Crippen molar-refractivity contribution in [2.75, 3.05) is 23.7 Å². The molecule has 1 aliphatic heterocycles. The summed E-state index contributed by atoms with van der Waals surface area (Å²) in [5.41, 5.74) is 8.67. The summed E-state index contributed by atoms with van der Waals surface area (Å²) in [5, 5.41) is 13.6. The highest BCUT2D eigenvalue weighted by Gasteiger charge is 2.22. The molecule has 1 fully saturated rings. The summed E-state index contributed by atoms with van der Waals surface area (Å²) < 4.78 is 1.97. The van der Waals surface area contributed by atoms with Crippen molar-refractivity contribution >= 4 is 11.5 Å². The van der Waals surface area contributed by atoms with Gasteiger partial charge in [-0.05, 0) is 43.5 Å². The first kappa shape index (κ1) is 13.5. The molecule has 0 saturated carbocycles. The molecule has 5 nitrogen and oxygen atoms in total. The number of nitriles is 1. The number of anilines is 2. The van der Waals surface area contributed by atoms with E-state index in [0.717, 1.165) is 37.2 Å². The molecular weight excluding hydrogens is 262 g/mol. The second-order valence-electron chi connectivity index (χ2n) is 5.57. The monoisotopic (exact) mass is 281 g/mol. The minimum Gasteiger partial charge on any atom is -0.382 e. The van der Waals surface area contributed by atoms with Crippen LogP contribution in [0, 0.1) is 18.3 Å². The molecule has 0 spiro atoms. The number of rotatable bonds is 2. The van der Waals surface area contributed by atoms with E-state index in [1.807, 2.05) is 29.1 Å². The predicted molar refractivity (Wildman–Crippen MR) is 83.0 cm³/mol. The summed E-state index contributed by atoms with van der Waals surface area (Å²) in [5.74, 6) is 0.572. The summed E-state index contributed by atoms with van der Waals surface area (Å²) in [6, 6.07) is 10.5. The highest BCUT2D eigenvalue weighted by atomic mass is 15.3. The van der Waals surface area contributed by atoms with E-state index in [1.54, 1.807) is 0 Å². The molecule has 108 valence electrons. The van der Waals surface area contributed by atoms with Crippen LogP contribution in [0.4, 0.5) is 11.5 Å². The molecule has 2 heterocycles. The van der Waals surface area contributed by atoms with Gasteiger partial charge in [-0.2, -0.15) is 10.4 Å². The van der Waals surface area contributed by atoms with Crippen molar-refractivity contribution in [1.29, 1.82) is 5.26 Å². The fourth-order valence-electron chi connectivity index (χ4n) is 2.93. The first-order valence-corrected chi connectivity index (χ1v) is 7.23. The van der Waals surface area contributed by atoms with Gasteiger partial charge in [0.15, 0.2) is 0 Å². The molecule has 5 heteroatoms. The molecule has 1 aliphatic rings.